The van der Waals surface area contributed by atoms with Gasteiger partial charge in [0, 0.05) is 12.1 Å². The third-order valence-electron chi connectivity index (χ3n) is 3.96. The van der Waals surface area contributed by atoms with E-state index < -0.39 is 0 Å². The third-order valence-corrected chi connectivity index (χ3v) is 3.96. The van der Waals surface area contributed by atoms with Gasteiger partial charge in [0.25, 0.3) is 0 Å². The summed E-state index contributed by atoms with van der Waals surface area (Å²) in [6.45, 7) is 2.39. The smallest absolute Gasteiger partial charge is 0.00696 e. The molecule has 2 aliphatic carbocycles. The molecule has 0 aromatic carbocycles. The van der Waals surface area contributed by atoms with E-state index in [1.54, 1.807) is 0 Å². The van der Waals surface area contributed by atoms with E-state index in [-0.39, 0.29) is 0 Å². The second kappa shape index (κ2) is 4.45. The predicted octanol–water partition coefficient (Wildman–Crippen LogP) is 3.10. The van der Waals surface area contributed by atoms with Crippen LogP contribution in [0.5, 0.6) is 0 Å². The quantitative estimate of drug-likeness (QED) is 0.705. The Morgan fingerprint density at radius 1 is 0.923 bits per heavy atom. The fourth-order valence-corrected chi connectivity index (χ4v) is 2.72. The van der Waals surface area contributed by atoms with E-state index >= 15 is 0 Å². The van der Waals surface area contributed by atoms with Crippen LogP contribution in [0.25, 0.3) is 0 Å². The topological polar surface area (TPSA) is 12.0 Å². The first kappa shape index (κ1) is 9.51. The molecule has 0 aromatic rings. The molecular weight excluding hydrogens is 158 g/mol. The summed E-state index contributed by atoms with van der Waals surface area (Å²) in [5, 5.41) is 3.82. The summed E-state index contributed by atoms with van der Waals surface area (Å²) >= 11 is 0. The average Bonchev–Trinajstić information content (AvgIpc) is 2.02. The van der Waals surface area contributed by atoms with E-state index in [1.807, 2.05) is 0 Å². The Hall–Kier alpha value is -0.0400. The van der Waals surface area contributed by atoms with Crippen molar-refractivity contribution in [1.82, 2.24) is 5.32 Å². The Bertz CT molecular complexity index is 145. The number of rotatable bonds is 3. The second-order valence-corrected chi connectivity index (χ2v) is 4.98. The highest BCUT2D eigenvalue weighted by Gasteiger charge is 2.25. The first-order valence-corrected chi connectivity index (χ1v) is 6.12. The summed E-state index contributed by atoms with van der Waals surface area (Å²) in [4.78, 5) is 0. The standard InChI is InChI=1S/C12H23N/c1-10(11-6-5-7-11)13-12-8-3-2-4-9-12/h10-13H,2-9H2,1H3/t10-/m1/s1. The summed E-state index contributed by atoms with van der Waals surface area (Å²) in [5.74, 6) is 1.00. The summed E-state index contributed by atoms with van der Waals surface area (Å²) in [7, 11) is 0. The van der Waals surface area contributed by atoms with E-state index in [0.29, 0.717) is 0 Å². The third kappa shape index (κ3) is 2.46. The largest absolute Gasteiger partial charge is 0.311 e. The molecule has 0 radical (unpaired) electrons. The molecule has 0 heterocycles. The Labute approximate surface area is 82.3 Å². The summed E-state index contributed by atoms with van der Waals surface area (Å²) < 4.78 is 0. The van der Waals surface area contributed by atoms with Crippen LogP contribution in [0.1, 0.15) is 58.3 Å². The lowest BCUT2D eigenvalue weighted by atomic mass is 9.80. The van der Waals surface area contributed by atoms with E-state index in [0.717, 1.165) is 18.0 Å². The zero-order valence-corrected chi connectivity index (χ0v) is 8.89. The Morgan fingerprint density at radius 3 is 2.15 bits per heavy atom. The first-order valence-electron chi connectivity index (χ1n) is 6.12. The van der Waals surface area contributed by atoms with Gasteiger partial charge in [-0.3, -0.25) is 0 Å². The molecule has 2 saturated carbocycles. The molecule has 76 valence electrons. The first-order chi connectivity index (χ1) is 6.36. The normalized spacial score (nSPS) is 28.4. The molecule has 0 aromatic heterocycles. The van der Waals surface area contributed by atoms with E-state index in [2.05, 4.69) is 12.2 Å². The number of hydrogen-bond donors (Lipinski definition) is 1. The molecule has 1 N–H and O–H groups in total. The van der Waals surface area contributed by atoms with Gasteiger partial charge in [-0.25, -0.2) is 0 Å². The minimum absolute atomic E-state index is 0.789. The SMILES string of the molecule is C[C@@H](NC1CCCCC1)C1CCC1. The van der Waals surface area contributed by atoms with Gasteiger partial charge in [0.15, 0.2) is 0 Å². The highest BCUT2D eigenvalue weighted by molar-refractivity contribution is 4.83. The van der Waals surface area contributed by atoms with Crippen molar-refractivity contribution >= 4 is 0 Å². The monoisotopic (exact) mass is 181 g/mol. The zero-order valence-electron chi connectivity index (χ0n) is 8.89. The summed E-state index contributed by atoms with van der Waals surface area (Å²) in [5.41, 5.74) is 0. The van der Waals surface area contributed by atoms with Crippen LogP contribution >= 0.6 is 0 Å². The van der Waals surface area contributed by atoms with Gasteiger partial charge >= 0.3 is 0 Å². The molecule has 1 heteroatoms. The van der Waals surface area contributed by atoms with Crippen LogP contribution in [0.2, 0.25) is 0 Å². The van der Waals surface area contributed by atoms with Crippen molar-refractivity contribution in [3.63, 3.8) is 0 Å². The van der Waals surface area contributed by atoms with Crippen LogP contribution in [-0.2, 0) is 0 Å². The summed E-state index contributed by atoms with van der Waals surface area (Å²) in [6, 6.07) is 1.64. The van der Waals surface area contributed by atoms with Gasteiger partial charge in [0.2, 0.25) is 0 Å². The maximum Gasteiger partial charge on any atom is 0.00696 e. The van der Waals surface area contributed by atoms with Crippen LogP contribution in [0, 0.1) is 5.92 Å². The maximum absolute atomic E-state index is 3.82. The number of hydrogen-bond acceptors (Lipinski definition) is 1. The molecule has 0 spiro atoms. The van der Waals surface area contributed by atoms with Crippen LogP contribution in [-0.4, -0.2) is 12.1 Å². The second-order valence-electron chi connectivity index (χ2n) is 4.98. The minimum Gasteiger partial charge on any atom is -0.311 e. The van der Waals surface area contributed by atoms with Crippen molar-refractivity contribution in [2.24, 2.45) is 5.92 Å². The molecule has 1 nitrogen and oxygen atoms in total. The molecule has 0 aliphatic heterocycles. The Kier molecular flexibility index (Phi) is 3.26. The molecule has 0 amide bonds. The Balaban J connectivity index is 1.69. The van der Waals surface area contributed by atoms with Crippen molar-refractivity contribution in [2.45, 2.75) is 70.4 Å². The van der Waals surface area contributed by atoms with Gasteiger partial charge in [-0.15, -0.1) is 0 Å². The Morgan fingerprint density at radius 2 is 1.62 bits per heavy atom. The molecule has 0 saturated heterocycles. The summed E-state index contributed by atoms with van der Waals surface area (Å²) in [6.07, 6.45) is 11.7. The van der Waals surface area contributed by atoms with Gasteiger partial charge in [0.1, 0.15) is 0 Å². The van der Waals surface area contributed by atoms with E-state index in [9.17, 15) is 0 Å². The molecule has 1 atom stereocenters. The molecule has 13 heavy (non-hydrogen) atoms. The lowest BCUT2D eigenvalue weighted by molar-refractivity contribution is 0.212. The zero-order chi connectivity index (χ0) is 9.10. The van der Waals surface area contributed by atoms with Crippen LogP contribution in [0.15, 0.2) is 0 Å². The van der Waals surface area contributed by atoms with Gasteiger partial charge < -0.3 is 5.32 Å². The van der Waals surface area contributed by atoms with Crippen molar-refractivity contribution in [3.05, 3.63) is 0 Å². The molecule has 0 unspecified atom stereocenters. The van der Waals surface area contributed by atoms with Gasteiger partial charge in [-0.2, -0.15) is 0 Å². The van der Waals surface area contributed by atoms with E-state index in [4.69, 9.17) is 0 Å². The van der Waals surface area contributed by atoms with Crippen molar-refractivity contribution in [2.75, 3.05) is 0 Å². The van der Waals surface area contributed by atoms with Crippen molar-refractivity contribution in [3.8, 4) is 0 Å². The highest BCUT2D eigenvalue weighted by atomic mass is 15.0. The number of nitrogens with one attached hydrogen (secondary N) is 1. The van der Waals surface area contributed by atoms with E-state index in [1.165, 1.54) is 51.4 Å². The fraction of sp³-hybridized carbons (Fsp3) is 1.00. The lowest BCUT2D eigenvalue weighted by Crippen LogP contribution is -2.43. The van der Waals surface area contributed by atoms with Gasteiger partial charge in [-0.05, 0) is 38.5 Å². The van der Waals surface area contributed by atoms with Crippen LogP contribution < -0.4 is 5.32 Å². The van der Waals surface area contributed by atoms with Gasteiger partial charge in [-0.1, -0.05) is 25.7 Å². The highest BCUT2D eigenvalue weighted by Crippen LogP contribution is 2.30. The molecule has 2 fully saturated rings. The minimum atomic E-state index is 0.789. The molecule has 2 aliphatic rings. The average molecular weight is 181 g/mol. The van der Waals surface area contributed by atoms with Crippen LogP contribution in [0.4, 0.5) is 0 Å². The van der Waals surface area contributed by atoms with Crippen LogP contribution in [0.3, 0.4) is 0 Å². The van der Waals surface area contributed by atoms with Crippen molar-refractivity contribution < 1.29 is 0 Å². The maximum atomic E-state index is 3.82. The molecule has 0 bridgehead atoms. The molecular formula is C12H23N. The fourth-order valence-electron chi connectivity index (χ4n) is 2.72. The molecule has 2 rings (SSSR count). The van der Waals surface area contributed by atoms with Gasteiger partial charge in [0.05, 0.1) is 0 Å². The lowest BCUT2D eigenvalue weighted by Gasteiger charge is -2.35. The van der Waals surface area contributed by atoms with Crippen molar-refractivity contribution in [1.29, 1.82) is 0 Å². The predicted molar refractivity (Wildman–Crippen MR) is 56.8 cm³/mol.